The third-order valence-electron chi connectivity index (χ3n) is 5.03. The monoisotopic (exact) mass is 598 g/mol. The highest BCUT2D eigenvalue weighted by Gasteiger charge is 2.47. The number of alkyl halides is 3. The van der Waals surface area contributed by atoms with Gasteiger partial charge >= 0.3 is 6.18 Å². The van der Waals surface area contributed by atoms with Crippen LogP contribution in [0.5, 0.6) is 0 Å². The molecule has 34 heavy (non-hydrogen) atoms. The van der Waals surface area contributed by atoms with Crippen LogP contribution in [0, 0.1) is 3.57 Å². The summed E-state index contributed by atoms with van der Waals surface area (Å²) in [6.45, 7) is 4.89. The number of hydrogen-bond acceptors (Lipinski definition) is 2. The summed E-state index contributed by atoms with van der Waals surface area (Å²) < 4.78 is 58.6. The minimum absolute atomic E-state index is 0.380. The highest BCUT2D eigenvalue weighted by atomic mass is 127. The Morgan fingerprint density at radius 2 is 1.32 bits per heavy atom. The lowest BCUT2D eigenvalue weighted by atomic mass is 9.97. The predicted molar refractivity (Wildman–Crippen MR) is 141 cm³/mol. The minimum atomic E-state index is -4.70. The second kappa shape index (κ2) is 11.1. The second-order valence-electron chi connectivity index (χ2n) is 8.72. The highest BCUT2D eigenvalue weighted by molar-refractivity contribution is 14.1. The van der Waals surface area contributed by atoms with Gasteiger partial charge in [-0.2, -0.15) is 13.2 Å². The van der Waals surface area contributed by atoms with Gasteiger partial charge in [0.25, 0.3) is 0 Å². The van der Waals surface area contributed by atoms with Crippen molar-refractivity contribution in [2.24, 2.45) is 4.99 Å². The summed E-state index contributed by atoms with van der Waals surface area (Å²) in [5.74, 6) is 0. The van der Waals surface area contributed by atoms with E-state index in [4.69, 9.17) is 4.99 Å². The molecule has 0 radical (unpaired) electrons. The van der Waals surface area contributed by atoms with Crippen molar-refractivity contribution in [2.45, 2.75) is 43.8 Å². The molecule has 0 saturated heterocycles. The number of nitrogens with one attached hydrogen (secondary N) is 1. The number of aliphatic imine (C=N–C) groups is 1. The summed E-state index contributed by atoms with van der Waals surface area (Å²) in [5.41, 5.74) is 2.21. The Hall–Kier alpha value is -2.04. The molecule has 0 amide bonds. The smallest absolute Gasteiger partial charge is 0.274 e. The summed E-state index contributed by atoms with van der Waals surface area (Å²) >= 11 is 2.11. The number of nitrogens with zero attached hydrogens (tertiary/aromatic N) is 1. The summed E-state index contributed by atoms with van der Waals surface area (Å²) in [4.78, 5) is 4.72. The van der Waals surface area contributed by atoms with Crippen molar-refractivity contribution >= 4 is 39.3 Å². The predicted octanol–water partition coefficient (Wildman–Crippen LogP) is 6.85. The fourth-order valence-electron chi connectivity index (χ4n) is 3.25. The quantitative estimate of drug-likeness (QED) is 0.235. The Bertz CT molecular complexity index is 1090. The molecule has 0 aliphatic heterocycles. The number of halogens is 4. The van der Waals surface area contributed by atoms with Crippen LogP contribution in [-0.2, 0) is 11.0 Å². The van der Waals surface area contributed by atoms with E-state index < -0.39 is 34.0 Å². The maximum absolute atomic E-state index is 14.5. The van der Waals surface area contributed by atoms with Gasteiger partial charge in [0.05, 0.1) is 21.4 Å². The fourth-order valence-corrected chi connectivity index (χ4v) is 4.46. The molecule has 3 atom stereocenters. The third kappa shape index (κ3) is 6.99. The first kappa shape index (κ1) is 26.6. The molecule has 0 spiro atoms. The van der Waals surface area contributed by atoms with Crippen LogP contribution in [0.25, 0.3) is 0 Å². The van der Waals surface area contributed by atoms with Crippen LogP contribution in [0.4, 0.5) is 13.2 Å². The largest absolute Gasteiger partial charge is 0.407 e. The van der Waals surface area contributed by atoms with Crippen molar-refractivity contribution in [3.63, 3.8) is 0 Å². The first-order chi connectivity index (χ1) is 16.0. The Balaban J connectivity index is 2.23. The topological polar surface area (TPSA) is 41.5 Å². The fraction of sp³-hybridized carbons (Fsp3) is 0.269. The molecule has 3 aromatic rings. The Morgan fingerprint density at radius 1 is 0.853 bits per heavy atom. The normalized spacial score (nSPS) is 14.8. The highest BCUT2D eigenvalue weighted by Crippen LogP contribution is 2.35. The van der Waals surface area contributed by atoms with Crippen LogP contribution in [0.15, 0.2) is 89.9 Å². The van der Waals surface area contributed by atoms with E-state index in [9.17, 15) is 17.4 Å². The lowest BCUT2D eigenvalue weighted by Gasteiger charge is -2.31. The summed E-state index contributed by atoms with van der Waals surface area (Å²) in [6, 6.07) is 21.5. The SMILES string of the molecule is CC(C)(C)S(=O)N[C@@H]([C@H](N=C(c1ccccc1)c1ccccc1)c1ccc(I)cc1)C(F)(F)F. The maximum atomic E-state index is 14.5. The van der Waals surface area contributed by atoms with Crippen molar-refractivity contribution in [1.29, 1.82) is 0 Å². The Morgan fingerprint density at radius 3 is 1.74 bits per heavy atom. The zero-order valence-corrected chi connectivity index (χ0v) is 22.0. The van der Waals surface area contributed by atoms with Crippen LogP contribution in [0.1, 0.15) is 43.5 Å². The second-order valence-corrected chi connectivity index (χ2v) is 12.0. The van der Waals surface area contributed by atoms with Crippen LogP contribution < -0.4 is 4.72 Å². The molecule has 0 aromatic heterocycles. The average Bonchev–Trinajstić information content (AvgIpc) is 2.79. The van der Waals surface area contributed by atoms with Gasteiger partial charge in [-0.05, 0) is 61.1 Å². The van der Waals surface area contributed by atoms with E-state index in [1.165, 1.54) is 0 Å². The van der Waals surface area contributed by atoms with Gasteiger partial charge in [0.15, 0.2) is 0 Å². The molecule has 0 heterocycles. The molecule has 0 aliphatic rings. The molecule has 0 aliphatic carbocycles. The molecule has 0 fully saturated rings. The van der Waals surface area contributed by atoms with Gasteiger partial charge in [-0.1, -0.05) is 72.8 Å². The standard InChI is InChI=1S/C26H26F3IN2OS/c1-25(2,3)34(33)32-24(26(27,28)29)23(20-14-16-21(30)17-15-20)31-22(18-10-6-4-7-11-18)19-12-8-5-9-13-19/h4-17,23-24,32H,1-3H3/t23-,24+,34?/m1/s1. The van der Waals surface area contributed by atoms with Crippen molar-refractivity contribution in [1.82, 2.24) is 4.72 Å². The van der Waals surface area contributed by atoms with E-state index in [1.54, 1.807) is 45.0 Å². The van der Waals surface area contributed by atoms with Crippen LogP contribution in [0.3, 0.4) is 0 Å². The number of benzene rings is 3. The molecule has 1 unspecified atom stereocenters. The van der Waals surface area contributed by atoms with Gasteiger partial charge in [-0.25, -0.2) is 8.93 Å². The van der Waals surface area contributed by atoms with Crippen LogP contribution >= 0.6 is 22.6 Å². The van der Waals surface area contributed by atoms with Gasteiger partial charge in [-0.15, -0.1) is 0 Å². The van der Waals surface area contributed by atoms with E-state index in [-0.39, 0.29) is 0 Å². The molecule has 180 valence electrons. The Labute approximate surface area is 214 Å². The van der Waals surface area contributed by atoms with E-state index in [2.05, 4.69) is 27.3 Å². The molecule has 3 aromatic carbocycles. The zero-order chi connectivity index (χ0) is 24.9. The third-order valence-corrected chi connectivity index (χ3v) is 7.33. The molecule has 3 nitrogen and oxygen atoms in total. The number of rotatable bonds is 7. The average molecular weight is 598 g/mol. The molecule has 3 rings (SSSR count). The lowest BCUT2D eigenvalue weighted by Crippen LogP contribution is -2.50. The summed E-state index contributed by atoms with van der Waals surface area (Å²) in [5, 5.41) is 0. The van der Waals surface area contributed by atoms with E-state index in [0.717, 1.165) is 3.57 Å². The van der Waals surface area contributed by atoms with E-state index >= 15 is 0 Å². The van der Waals surface area contributed by atoms with Crippen molar-refractivity contribution < 1.29 is 17.4 Å². The zero-order valence-electron chi connectivity index (χ0n) is 19.0. The Kier molecular flexibility index (Phi) is 8.70. The lowest BCUT2D eigenvalue weighted by molar-refractivity contribution is -0.155. The number of hydrogen-bond donors (Lipinski definition) is 1. The van der Waals surface area contributed by atoms with E-state index in [0.29, 0.717) is 22.4 Å². The molecule has 1 N–H and O–H groups in total. The molecule has 0 bridgehead atoms. The molecule has 8 heteroatoms. The van der Waals surface area contributed by atoms with Crippen molar-refractivity contribution in [2.75, 3.05) is 0 Å². The summed E-state index contributed by atoms with van der Waals surface area (Å²) in [6.07, 6.45) is -4.70. The van der Waals surface area contributed by atoms with Crippen LogP contribution in [0.2, 0.25) is 0 Å². The maximum Gasteiger partial charge on any atom is 0.407 e. The van der Waals surface area contributed by atoms with Crippen molar-refractivity contribution in [3.05, 3.63) is 105 Å². The van der Waals surface area contributed by atoms with E-state index in [1.807, 2.05) is 60.7 Å². The minimum Gasteiger partial charge on any atom is -0.274 e. The van der Waals surface area contributed by atoms with Gasteiger partial charge in [-0.3, -0.25) is 4.99 Å². The van der Waals surface area contributed by atoms with Gasteiger partial charge in [0.2, 0.25) is 0 Å². The summed E-state index contributed by atoms with van der Waals surface area (Å²) in [7, 11) is -1.96. The van der Waals surface area contributed by atoms with Crippen molar-refractivity contribution in [3.8, 4) is 0 Å². The molecular formula is C26H26F3IN2OS. The van der Waals surface area contributed by atoms with Gasteiger partial charge in [0, 0.05) is 14.7 Å². The molecule has 0 saturated carbocycles. The first-order valence-electron chi connectivity index (χ1n) is 10.7. The molecular weight excluding hydrogens is 572 g/mol. The first-order valence-corrected chi connectivity index (χ1v) is 12.9. The van der Waals surface area contributed by atoms with Gasteiger partial charge < -0.3 is 0 Å². The van der Waals surface area contributed by atoms with Gasteiger partial charge in [0.1, 0.15) is 12.1 Å². The van der Waals surface area contributed by atoms with Crippen LogP contribution in [-0.4, -0.2) is 26.9 Å².